The molecule has 6 heteroatoms. The average molecular weight is 308 g/mol. The van der Waals surface area contributed by atoms with Gasteiger partial charge in [-0.15, -0.1) is 0 Å². The van der Waals surface area contributed by atoms with Crippen molar-refractivity contribution < 1.29 is 18.0 Å². The number of hydrogen-bond acceptors (Lipinski definition) is 3. The molecule has 116 valence electrons. The SMILES string of the molecule is CC1(C)CC(=O)CC(=Nc2cc(C(F)(F)F)ccc2C#N)C1. The van der Waals surface area contributed by atoms with E-state index in [1.807, 2.05) is 19.9 Å². The molecule has 3 nitrogen and oxygen atoms in total. The molecule has 1 aromatic rings. The van der Waals surface area contributed by atoms with Gasteiger partial charge in [0.25, 0.3) is 0 Å². The van der Waals surface area contributed by atoms with E-state index in [4.69, 9.17) is 5.26 Å². The van der Waals surface area contributed by atoms with E-state index in [0.29, 0.717) is 18.6 Å². The zero-order valence-electron chi connectivity index (χ0n) is 12.3. The molecule has 0 aliphatic heterocycles. The molecule has 1 aliphatic rings. The fraction of sp³-hybridized carbons (Fsp3) is 0.438. The molecule has 1 saturated carbocycles. The Kier molecular flexibility index (Phi) is 4.10. The maximum absolute atomic E-state index is 12.8. The number of halogens is 3. The van der Waals surface area contributed by atoms with E-state index < -0.39 is 11.7 Å². The van der Waals surface area contributed by atoms with Crippen molar-refractivity contribution in [2.75, 3.05) is 0 Å². The van der Waals surface area contributed by atoms with Crippen LogP contribution in [-0.4, -0.2) is 11.5 Å². The first-order valence-corrected chi connectivity index (χ1v) is 6.80. The number of nitriles is 1. The number of rotatable bonds is 1. The summed E-state index contributed by atoms with van der Waals surface area (Å²) in [7, 11) is 0. The van der Waals surface area contributed by atoms with Gasteiger partial charge in [-0.05, 0) is 30.0 Å². The molecule has 0 spiro atoms. The van der Waals surface area contributed by atoms with E-state index in [2.05, 4.69) is 4.99 Å². The quantitative estimate of drug-likeness (QED) is 0.770. The van der Waals surface area contributed by atoms with Crippen molar-refractivity contribution in [2.24, 2.45) is 10.4 Å². The number of ketones is 1. The fourth-order valence-electron chi connectivity index (χ4n) is 2.65. The summed E-state index contributed by atoms with van der Waals surface area (Å²) in [6, 6.07) is 4.66. The number of benzene rings is 1. The number of hydrogen-bond donors (Lipinski definition) is 0. The lowest BCUT2D eigenvalue weighted by atomic mass is 9.76. The molecule has 0 unspecified atom stereocenters. The van der Waals surface area contributed by atoms with Crippen molar-refractivity contribution in [1.29, 1.82) is 5.26 Å². The summed E-state index contributed by atoms with van der Waals surface area (Å²) < 4.78 is 38.3. The van der Waals surface area contributed by atoms with E-state index in [9.17, 15) is 18.0 Å². The summed E-state index contributed by atoms with van der Waals surface area (Å²) in [4.78, 5) is 15.9. The molecule has 0 atom stereocenters. The van der Waals surface area contributed by atoms with E-state index in [1.165, 1.54) is 0 Å². The molecule has 0 N–H and O–H groups in total. The van der Waals surface area contributed by atoms with E-state index in [1.54, 1.807) is 0 Å². The van der Waals surface area contributed by atoms with Crippen LogP contribution in [-0.2, 0) is 11.0 Å². The van der Waals surface area contributed by atoms with Crippen LogP contribution >= 0.6 is 0 Å². The molecule has 22 heavy (non-hydrogen) atoms. The van der Waals surface area contributed by atoms with E-state index >= 15 is 0 Å². The molecule has 1 aromatic carbocycles. The molecule has 2 rings (SSSR count). The largest absolute Gasteiger partial charge is 0.416 e. The second-order valence-corrected chi connectivity index (χ2v) is 6.25. The summed E-state index contributed by atoms with van der Waals surface area (Å²) in [5.74, 6) is 0.0143. The lowest BCUT2D eigenvalue weighted by Gasteiger charge is -2.29. The topological polar surface area (TPSA) is 53.2 Å². The predicted molar refractivity (Wildman–Crippen MR) is 75.9 cm³/mol. The highest BCUT2D eigenvalue weighted by Gasteiger charge is 2.32. The minimum Gasteiger partial charge on any atom is -0.299 e. The van der Waals surface area contributed by atoms with Gasteiger partial charge in [-0.2, -0.15) is 18.4 Å². The summed E-state index contributed by atoms with van der Waals surface area (Å²) in [5.41, 5.74) is -0.554. The van der Waals surface area contributed by atoms with Crippen LogP contribution in [0.25, 0.3) is 0 Å². The van der Waals surface area contributed by atoms with Gasteiger partial charge in [-0.3, -0.25) is 9.79 Å². The zero-order chi connectivity index (χ0) is 16.5. The maximum atomic E-state index is 12.8. The maximum Gasteiger partial charge on any atom is 0.416 e. The second-order valence-electron chi connectivity index (χ2n) is 6.25. The Morgan fingerprint density at radius 2 is 1.95 bits per heavy atom. The number of alkyl halides is 3. The average Bonchev–Trinajstić information content (AvgIpc) is 2.35. The Bertz CT molecular complexity index is 682. The van der Waals surface area contributed by atoms with Gasteiger partial charge in [0.1, 0.15) is 11.9 Å². The van der Waals surface area contributed by atoms with E-state index in [0.717, 1.165) is 18.2 Å². The summed E-state index contributed by atoms with van der Waals surface area (Å²) in [6.07, 6.45) is -3.41. The van der Waals surface area contributed by atoms with Crippen LogP contribution in [0.1, 0.15) is 44.2 Å². The number of Topliss-reactive ketones (excluding diaryl/α,β-unsaturated/α-hetero) is 1. The Balaban J connectivity index is 2.45. The van der Waals surface area contributed by atoms with E-state index in [-0.39, 0.29) is 28.9 Å². The molecule has 0 amide bonds. The summed E-state index contributed by atoms with van der Waals surface area (Å²) >= 11 is 0. The molecule has 0 saturated heterocycles. The van der Waals surface area contributed by atoms with Gasteiger partial charge in [-0.25, -0.2) is 0 Å². The minimum atomic E-state index is -4.50. The number of carbonyl (C=O) groups is 1. The predicted octanol–water partition coefficient (Wildman–Crippen LogP) is 4.43. The normalized spacial score (nSPS) is 20.0. The minimum absolute atomic E-state index is 0.0143. The lowest BCUT2D eigenvalue weighted by Crippen LogP contribution is -2.28. The molecule has 0 bridgehead atoms. The highest BCUT2D eigenvalue weighted by atomic mass is 19.4. The first-order chi connectivity index (χ1) is 10.1. The number of carbonyl (C=O) groups excluding carboxylic acids is 1. The van der Waals surface area contributed by atoms with Gasteiger partial charge in [0, 0.05) is 18.6 Å². The van der Waals surface area contributed by atoms with Crippen molar-refractivity contribution in [2.45, 2.75) is 39.3 Å². The fourth-order valence-corrected chi connectivity index (χ4v) is 2.65. The van der Waals surface area contributed by atoms with Gasteiger partial charge in [0.2, 0.25) is 0 Å². The highest BCUT2D eigenvalue weighted by Crippen LogP contribution is 2.36. The number of nitrogens with zero attached hydrogens (tertiary/aromatic N) is 2. The van der Waals surface area contributed by atoms with Crippen LogP contribution in [0.5, 0.6) is 0 Å². The van der Waals surface area contributed by atoms with Crippen LogP contribution in [0.4, 0.5) is 18.9 Å². The Morgan fingerprint density at radius 3 is 2.50 bits per heavy atom. The smallest absolute Gasteiger partial charge is 0.299 e. The lowest BCUT2D eigenvalue weighted by molar-refractivity contribution is -0.137. The highest BCUT2D eigenvalue weighted by molar-refractivity contribution is 6.05. The van der Waals surface area contributed by atoms with Crippen LogP contribution in [0.15, 0.2) is 23.2 Å². The summed E-state index contributed by atoms with van der Waals surface area (Å²) in [6.45, 7) is 3.83. The molecule has 0 aromatic heterocycles. The van der Waals surface area contributed by atoms with Crippen molar-refractivity contribution in [3.8, 4) is 6.07 Å². The van der Waals surface area contributed by atoms with Gasteiger partial charge < -0.3 is 0 Å². The van der Waals surface area contributed by atoms with Gasteiger partial charge >= 0.3 is 6.18 Å². The molecule has 1 aliphatic carbocycles. The first-order valence-electron chi connectivity index (χ1n) is 6.80. The number of aliphatic imine (C=N–C) groups is 1. The van der Waals surface area contributed by atoms with Crippen molar-refractivity contribution in [3.05, 3.63) is 29.3 Å². The van der Waals surface area contributed by atoms with Crippen LogP contribution in [0.3, 0.4) is 0 Å². The Hall–Kier alpha value is -2.16. The second kappa shape index (κ2) is 5.56. The van der Waals surface area contributed by atoms with Crippen molar-refractivity contribution in [1.82, 2.24) is 0 Å². The molecule has 0 heterocycles. The van der Waals surface area contributed by atoms with Gasteiger partial charge in [-0.1, -0.05) is 13.8 Å². The molecule has 1 fully saturated rings. The third-order valence-electron chi connectivity index (χ3n) is 3.48. The first kappa shape index (κ1) is 16.2. The summed E-state index contributed by atoms with van der Waals surface area (Å²) in [5, 5.41) is 9.03. The zero-order valence-corrected chi connectivity index (χ0v) is 12.3. The monoisotopic (exact) mass is 308 g/mol. The van der Waals surface area contributed by atoms with Gasteiger partial charge in [0.05, 0.1) is 16.8 Å². The molecular weight excluding hydrogens is 293 g/mol. The van der Waals surface area contributed by atoms with Crippen LogP contribution in [0, 0.1) is 16.7 Å². The molecular formula is C16H15F3N2O. The third kappa shape index (κ3) is 3.73. The molecule has 0 radical (unpaired) electrons. The van der Waals surface area contributed by atoms with Crippen LogP contribution < -0.4 is 0 Å². The van der Waals surface area contributed by atoms with Crippen molar-refractivity contribution in [3.63, 3.8) is 0 Å². The Labute approximate surface area is 126 Å². The van der Waals surface area contributed by atoms with Gasteiger partial charge in [0.15, 0.2) is 0 Å². The third-order valence-corrected chi connectivity index (χ3v) is 3.48. The van der Waals surface area contributed by atoms with Crippen LogP contribution in [0.2, 0.25) is 0 Å². The Morgan fingerprint density at radius 1 is 1.27 bits per heavy atom. The van der Waals surface area contributed by atoms with Crippen molar-refractivity contribution >= 4 is 17.2 Å². The standard InChI is InChI=1S/C16H15F3N2O/c1-15(2)7-12(6-13(22)8-15)21-14-5-11(16(17,18)19)4-3-10(14)9-20/h3-5H,6-8H2,1-2H3.